The second kappa shape index (κ2) is 16.0. The molecule has 7 heavy (non-hydrogen) atoms. The molecular formula is CH7Ba2BrO3. The molecule has 0 aliphatic carbocycles. The Morgan fingerprint density at radius 2 is 1.29 bits per heavy atom. The molecule has 0 radical (unpaired) electrons. The van der Waals surface area contributed by atoms with Crippen molar-refractivity contribution in [3.05, 3.63) is 0 Å². The molecule has 0 fully saturated rings. The van der Waals surface area contributed by atoms with Crippen LogP contribution in [0, 0.1) is 0 Å². The number of hydrogen-bond acceptors (Lipinski definition) is 1. The van der Waals surface area contributed by atoms with Gasteiger partial charge in [-0.05, 0) is 0 Å². The van der Waals surface area contributed by atoms with E-state index < -0.39 is 6.16 Å². The average molecular weight is 422 g/mol. The zero-order chi connectivity index (χ0) is 3.58. The minimum atomic E-state index is -1.83. The van der Waals surface area contributed by atoms with Gasteiger partial charge in [0.15, 0.2) is 0 Å². The van der Waals surface area contributed by atoms with Gasteiger partial charge >= 0.3 is 104 Å². The molecule has 0 saturated heterocycles. The fourth-order valence-corrected chi connectivity index (χ4v) is 0. The summed E-state index contributed by atoms with van der Waals surface area (Å²) in [7, 11) is 0. The van der Waals surface area contributed by atoms with Crippen LogP contribution in [0.25, 0.3) is 0 Å². The zero-order valence-electron chi connectivity index (χ0n) is 7.63. The Labute approximate surface area is 138 Å². The maximum absolute atomic E-state index is 8.56. The van der Waals surface area contributed by atoms with E-state index >= 15 is 0 Å². The summed E-state index contributed by atoms with van der Waals surface area (Å²) in [6, 6.07) is 0. The molecule has 0 aliphatic rings. The minimum absolute atomic E-state index is 0. The van der Waals surface area contributed by atoms with Crippen LogP contribution < -0.4 is 0 Å². The summed E-state index contributed by atoms with van der Waals surface area (Å²) in [5.41, 5.74) is 0. The molecule has 0 amide bonds. The molecule has 0 spiro atoms. The van der Waals surface area contributed by atoms with Crippen molar-refractivity contribution >= 4 is 121 Å². The van der Waals surface area contributed by atoms with E-state index in [1.165, 1.54) is 0 Å². The number of carboxylic acid groups (broad SMARTS) is 2. The van der Waals surface area contributed by atoms with Crippen LogP contribution in [0.4, 0.5) is 4.79 Å². The Bertz CT molecular complexity index is 46.3. The van der Waals surface area contributed by atoms with Gasteiger partial charge < -0.3 is 15.9 Å². The summed E-state index contributed by atoms with van der Waals surface area (Å²) in [5.74, 6) is 0. The van der Waals surface area contributed by atoms with E-state index in [-0.39, 0.29) is 120 Å². The number of carbonyl (C=O) groups is 1. The van der Waals surface area contributed by atoms with Crippen LogP contribution in [-0.4, -0.2) is 114 Å². The summed E-state index contributed by atoms with van der Waals surface area (Å²) >= 11 is 0. The van der Waals surface area contributed by atoms with E-state index in [4.69, 9.17) is 15.0 Å². The van der Waals surface area contributed by atoms with Gasteiger partial charge in [-0.1, -0.05) is 0 Å². The monoisotopic (exact) mass is 422 g/mol. The molecule has 40 valence electrons. The maximum Gasteiger partial charge on any atom is 2.00 e. The summed E-state index contributed by atoms with van der Waals surface area (Å²) < 4.78 is 0. The molecule has 0 saturated carbocycles. The van der Waals surface area contributed by atoms with Crippen molar-refractivity contribution < 1.29 is 20.7 Å². The Morgan fingerprint density at radius 1 is 1.29 bits per heavy atom. The predicted molar refractivity (Wildman–Crippen MR) is 36.9 cm³/mol. The molecule has 3 nitrogen and oxygen atoms in total. The van der Waals surface area contributed by atoms with Gasteiger partial charge in [0.25, 0.3) is 0 Å². The van der Waals surface area contributed by atoms with E-state index in [9.17, 15) is 0 Å². The van der Waals surface area contributed by atoms with E-state index in [1.54, 1.807) is 0 Å². The van der Waals surface area contributed by atoms with Gasteiger partial charge in [-0.25, -0.2) is 4.79 Å². The number of hydrogen-bond donors (Lipinski definition) is 2. The molecule has 0 heterocycles. The van der Waals surface area contributed by atoms with Crippen LogP contribution in [0.5, 0.6) is 0 Å². The molecule has 2 N–H and O–H groups in total. The van der Waals surface area contributed by atoms with Crippen molar-refractivity contribution in [1.29, 1.82) is 0 Å². The van der Waals surface area contributed by atoms with Crippen molar-refractivity contribution in [3.63, 3.8) is 0 Å². The smallest absolute Gasteiger partial charge is 1.00 e. The van der Waals surface area contributed by atoms with E-state index in [0.29, 0.717) is 0 Å². The van der Waals surface area contributed by atoms with Gasteiger partial charge in [0.1, 0.15) is 0 Å². The van der Waals surface area contributed by atoms with E-state index in [2.05, 4.69) is 0 Å². The third kappa shape index (κ3) is 50.5. The molecule has 0 atom stereocenters. The van der Waals surface area contributed by atoms with Crippen LogP contribution >= 0.6 is 17.0 Å². The Kier molecular flexibility index (Phi) is 51.3. The molecule has 0 rings (SSSR count). The van der Waals surface area contributed by atoms with Crippen molar-refractivity contribution in [1.82, 2.24) is 0 Å². The molecule has 0 aromatic carbocycles. The molecule has 6 heteroatoms. The Balaban J connectivity index is -0.00000000214. The first-order valence-electron chi connectivity index (χ1n) is 0.651. The second-order valence-corrected chi connectivity index (χ2v) is 0.283. The van der Waals surface area contributed by atoms with Crippen LogP contribution in [0.15, 0.2) is 0 Å². The fourth-order valence-electron chi connectivity index (χ4n) is 0. The molecule has 0 aromatic heterocycles. The van der Waals surface area contributed by atoms with Crippen molar-refractivity contribution in [2.24, 2.45) is 0 Å². The SMILES string of the molecule is Br.O=C(O)O.[Ba+2].[Ba+2].[H-].[H-].[H-].[H-]. The molecule has 0 bridgehead atoms. The quantitative estimate of drug-likeness (QED) is 0.560. The summed E-state index contributed by atoms with van der Waals surface area (Å²) in [5, 5.41) is 13.9. The number of halogens is 1. The van der Waals surface area contributed by atoms with Gasteiger partial charge in [0, 0.05) is 0 Å². The Morgan fingerprint density at radius 3 is 1.29 bits per heavy atom. The van der Waals surface area contributed by atoms with Crippen LogP contribution in [0.3, 0.4) is 0 Å². The zero-order valence-corrected chi connectivity index (χ0v) is 14.2. The van der Waals surface area contributed by atoms with Crippen LogP contribution in [-0.2, 0) is 0 Å². The Hall–Kier alpha value is 2.89. The predicted octanol–water partition coefficient (Wildman–Crippen LogP) is 0.489. The van der Waals surface area contributed by atoms with Crippen LogP contribution in [0.2, 0.25) is 0 Å². The molecule has 0 unspecified atom stereocenters. The summed E-state index contributed by atoms with van der Waals surface area (Å²) in [6.07, 6.45) is -1.83. The topological polar surface area (TPSA) is 57.5 Å². The standard InChI is InChI=1S/CH2O3.2Ba.BrH.4H/c2-1(3)4;;;;;;;/h(H2,2,3,4);;;1H;;;;/q;2*+2;;4*-1. The van der Waals surface area contributed by atoms with Gasteiger partial charge in [-0.3, -0.25) is 0 Å². The largest absolute Gasteiger partial charge is 2.00 e. The molecule has 0 aliphatic heterocycles. The van der Waals surface area contributed by atoms with E-state index in [1.807, 2.05) is 0 Å². The van der Waals surface area contributed by atoms with Gasteiger partial charge in [-0.2, -0.15) is 0 Å². The van der Waals surface area contributed by atoms with E-state index in [0.717, 1.165) is 0 Å². The second-order valence-electron chi connectivity index (χ2n) is 0.283. The van der Waals surface area contributed by atoms with Gasteiger partial charge in [0.05, 0.1) is 0 Å². The maximum atomic E-state index is 8.56. The first-order valence-corrected chi connectivity index (χ1v) is 0.651. The summed E-state index contributed by atoms with van der Waals surface area (Å²) in [4.78, 5) is 8.56. The van der Waals surface area contributed by atoms with Crippen LogP contribution in [0.1, 0.15) is 5.71 Å². The first kappa shape index (κ1) is 22.5. The van der Waals surface area contributed by atoms with Crippen molar-refractivity contribution in [2.75, 3.05) is 0 Å². The summed E-state index contributed by atoms with van der Waals surface area (Å²) in [6.45, 7) is 0. The molecular weight excluding hydrogens is 415 g/mol. The fraction of sp³-hybridized carbons (Fsp3) is 0. The normalized spacial score (nSPS) is 3.43. The first-order chi connectivity index (χ1) is 1.73. The third-order valence-corrected chi connectivity index (χ3v) is 0. The van der Waals surface area contributed by atoms with Gasteiger partial charge in [-0.15, -0.1) is 17.0 Å². The number of rotatable bonds is 0. The molecule has 0 aromatic rings. The third-order valence-electron chi connectivity index (χ3n) is 0. The van der Waals surface area contributed by atoms with Gasteiger partial charge in [0.2, 0.25) is 0 Å². The average Bonchev–Trinajstić information content (AvgIpc) is 0.811. The van der Waals surface area contributed by atoms with Crippen molar-refractivity contribution in [2.45, 2.75) is 0 Å². The van der Waals surface area contributed by atoms with Crippen molar-refractivity contribution in [3.8, 4) is 0 Å². The minimum Gasteiger partial charge on any atom is -1.00 e.